The van der Waals surface area contributed by atoms with Crippen LogP contribution >= 0.6 is 0 Å². The van der Waals surface area contributed by atoms with Gasteiger partial charge in [-0.1, -0.05) is 42.5 Å². The molecule has 2 aromatic rings. The predicted octanol–water partition coefficient (Wildman–Crippen LogP) is 3.87. The zero-order chi connectivity index (χ0) is 17.2. The van der Waals surface area contributed by atoms with Gasteiger partial charge in [0.25, 0.3) is 5.91 Å². The van der Waals surface area contributed by atoms with Crippen LogP contribution in [0.5, 0.6) is 0 Å². The van der Waals surface area contributed by atoms with E-state index in [9.17, 15) is 9.18 Å². The minimum Gasteiger partial charge on any atom is -0.351 e. The van der Waals surface area contributed by atoms with Gasteiger partial charge in [-0.2, -0.15) is 5.26 Å². The van der Waals surface area contributed by atoms with Gasteiger partial charge >= 0.3 is 0 Å². The number of nitrogens with one attached hydrogen (secondary N) is 1. The van der Waals surface area contributed by atoms with Gasteiger partial charge in [-0.15, -0.1) is 0 Å². The SMILES string of the molecule is N#CC(=Cc1ccc(F)cc1)C(=O)NCCCCc1ccccc1. The predicted molar refractivity (Wildman–Crippen MR) is 92.4 cm³/mol. The average molecular weight is 322 g/mol. The van der Waals surface area contributed by atoms with Crippen molar-refractivity contribution >= 4 is 12.0 Å². The molecule has 4 heteroatoms. The fourth-order valence-corrected chi connectivity index (χ4v) is 2.27. The summed E-state index contributed by atoms with van der Waals surface area (Å²) in [6.45, 7) is 0.522. The number of rotatable bonds is 7. The van der Waals surface area contributed by atoms with Crippen LogP contribution in [0.1, 0.15) is 24.0 Å². The number of halogens is 1. The first-order chi connectivity index (χ1) is 11.7. The third-order valence-corrected chi connectivity index (χ3v) is 3.57. The molecule has 1 N–H and O–H groups in total. The van der Waals surface area contributed by atoms with Gasteiger partial charge in [0.05, 0.1) is 0 Å². The van der Waals surface area contributed by atoms with Crippen LogP contribution in [0.25, 0.3) is 6.08 Å². The Morgan fingerprint density at radius 1 is 1.08 bits per heavy atom. The van der Waals surface area contributed by atoms with E-state index in [1.165, 1.54) is 35.9 Å². The van der Waals surface area contributed by atoms with E-state index < -0.39 is 5.91 Å². The van der Waals surface area contributed by atoms with E-state index in [0.717, 1.165) is 19.3 Å². The van der Waals surface area contributed by atoms with Crippen molar-refractivity contribution in [3.63, 3.8) is 0 Å². The molecular weight excluding hydrogens is 303 g/mol. The molecule has 0 fully saturated rings. The summed E-state index contributed by atoms with van der Waals surface area (Å²) < 4.78 is 12.9. The molecule has 0 atom stereocenters. The molecule has 24 heavy (non-hydrogen) atoms. The largest absolute Gasteiger partial charge is 0.351 e. The normalized spacial score (nSPS) is 10.9. The van der Waals surface area contributed by atoms with Crippen LogP contribution in [0.3, 0.4) is 0 Å². The quantitative estimate of drug-likeness (QED) is 0.478. The van der Waals surface area contributed by atoms with Crippen LogP contribution in [-0.2, 0) is 11.2 Å². The third kappa shape index (κ3) is 5.69. The Morgan fingerprint density at radius 2 is 1.79 bits per heavy atom. The van der Waals surface area contributed by atoms with E-state index in [1.807, 2.05) is 24.3 Å². The standard InChI is InChI=1S/C20H19FN2O/c21-19-11-9-17(10-12-19)14-18(15-22)20(24)23-13-5-4-8-16-6-2-1-3-7-16/h1-3,6-7,9-12,14H,4-5,8,13H2,(H,23,24). The van der Waals surface area contributed by atoms with Gasteiger partial charge in [0.1, 0.15) is 17.5 Å². The Labute approximate surface area is 141 Å². The first kappa shape index (κ1) is 17.4. The van der Waals surface area contributed by atoms with Crippen LogP contribution in [-0.4, -0.2) is 12.5 Å². The number of nitriles is 1. The Hall–Kier alpha value is -2.93. The summed E-state index contributed by atoms with van der Waals surface area (Å²) in [6.07, 6.45) is 4.23. The fraction of sp³-hybridized carbons (Fsp3) is 0.200. The summed E-state index contributed by atoms with van der Waals surface area (Å²) in [5.41, 5.74) is 1.91. The van der Waals surface area contributed by atoms with Crippen LogP contribution in [0.15, 0.2) is 60.2 Å². The van der Waals surface area contributed by atoms with E-state index in [1.54, 1.807) is 0 Å². The van der Waals surface area contributed by atoms with Crippen LogP contribution in [0.2, 0.25) is 0 Å². The summed E-state index contributed by atoms with van der Waals surface area (Å²) in [5.74, 6) is -0.755. The van der Waals surface area contributed by atoms with Crippen molar-refractivity contribution < 1.29 is 9.18 Å². The number of amides is 1. The molecule has 0 spiro atoms. The maximum Gasteiger partial charge on any atom is 0.261 e. The maximum absolute atomic E-state index is 12.9. The number of unbranched alkanes of at least 4 members (excludes halogenated alkanes) is 1. The molecule has 0 aliphatic heterocycles. The topological polar surface area (TPSA) is 52.9 Å². The lowest BCUT2D eigenvalue weighted by Gasteiger charge is -2.05. The molecule has 2 aromatic carbocycles. The molecule has 2 rings (SSSR count). The molecule has 0 bridgehead atoms. The Morgan fingerprint density at radius 3 is 2.46 bits per heavy atom. The summed E-state index contributed by atoms with van der Waals surface area (Å²) in [4.78, 5) is 12.0. The molecule has 0 aliphatic rings. The first-order valence-electron chi connectivity index (χ1n) is 7.88. The smallest absolute Gasteiger partial charge is 0.261 e. The zero-order valence-electron chi connectivity index (χ0n) is 13.3. The van der Waals surface area contributed by atoms with E-state index in [0.29, 0.717) is 12.1 Å². The second kappa shape index (κ2) is 9.26. The number of carbonyl (C=O) groups is 1. The summed E-state index contributed by atoms with van der Waals surface area (Å²) >= 11 is 0. The highest BCUT2D eigenvalue weighted by Crippen LogP contribution is 2.08. The van der Waals surface area contributed by atoms with E-state index in [4.69, 9.17) is 5.26 Å². The minimum atomic E-state index is -0.401. The van der Waals surface area contributed by atoms with Crippen molar-refractivity contribution in [2.75, 3.05) is 6.54 Å². The Bertz CT molecular complexity index is 730. The van der Waals surface area contributed by atoms with Crippen molar-refractivity contribution in [3.8, 4) is 6.07 Å². The molecule has 0 aliphatic carbocycles. The van der Waals surface area contributed by atoms with Crippen molar-refractivity contribution in [1.29, 1.82) is 5.26 Å². The van der Waals surface area contributed by atoms with Crippen molar-refractivity contribution in [1.82, 2.24) is 5.32 Å². The van der Waals surface area contributed by atoms with Gasteiger partial charge < -0.3 is 5.32 Å². The lowest BCUT2D eigenvalue weighted by atomic mass is 10.1. The second-order valence-electron chi connectivity index (χ2n) is 5.42. The molecule has 0 saturated heterocycles. The van der Waals surface area contributed by atoms with E-state index in [2.05, 4.69) is 17.4 Å². The molecule has 3 nitrogen and oxygen atoms in total. The van der Waals surface area contributed by atoms with Crippen LogP contribution in [0.4, 0.5) is 4.39 Å². The van der Waals surface area contributed by atoms with Gasteiger partial charge in [-0.05, 0) is 48.6 Å². The Balaban J connectivity index is 1.78. The van der Waals surface area contributed by atoms with Gasteiger partial charge in [0.15, 0.2) is 0 Å². The zero-order valence-corrected chi connectivity index (χ0v) is 13.3. The lowest BCUT2D eigenvalue weighted by Crippen LogP contribution is -2.25. The van der Waals surface area contributed by atoms with E-state index in [-0.39, 0.29) is 11.4 Å². The number of carbonyl (C=O) groups excluding carboxylic acids is 1. The molecule has 122 valence electrons. The third-order valence-electron chi connectivity index (χ3n) is 3.57. The van der Waals surface area contributed by atoms with Crippen LogP contribution in [0, 0.1) is 17.1 Å². The molecule has 0 radical (unpaired) electrons. The van der Waals surface area contributed by atoms with Crippen LogP contribution < -0.4 is 5.32 Å². The van der Waals surface area contributed by atoms with Gasteiger partial charge in [-0.3, -0.25) is 4.79 Å². The summed E-state index contributed by atoms with van der Waals surface area (Å²) in [7, 11) is 0. The highest BCUT2D eigenvalue weighted by atomic mass is 19.1. The summed E-state index contributed by atoms with van der Waals surface area (Å²) in [5, 5.41) is 11.9. The Kier molecular flexibility index (Phi) is 6.73. The minimum absolute atomic E-state index is 0.0182. The average Bonchev–Trinajstić information content (AvgIpc) is 2.61. The number of aryl methyl sites for hydroxylation is 1. The highest BCUT2D eigenvalue weighted by Gasteiger charge is 2.08. The second-order valence-corrected chi connectivity index (χ2v) is 5.42. The fourth-order valence-electron chi connectivity index (χ4n) is 2.27. The molecule has 1 amide bonds. The van der Waals surface area contributed by atoms with Gasteiger partial charge in [-0.25, -0.2) is 4.39 Å². The van der Waals surface area contributed by atoms with Crippen molar-refractivity contribution in [3.05, 3.63) is 77.1 Å². The molecule has 0 heterocycles. The van der Waals surface area contributed by atoms with Crippen molar-refractivity contribution in [2.24, 2.45) is 0 Å². The first-order valence-corrected chi connectivity index (χ1v) is 7.88. The molecule has 0 unspecified atom stereocenters. The lowest BCUT2D eigenvalue weighted by molar-refractivity contribution is -0.117. The number of nitrogens with zero attached hydrogens (tertiary/aromatic N) is 1. The van der Waals surface area contributed by atoms with Gasteiger partial charge in [0, 0.05) is 6.54 Å². The van der Waals surface area contributed by atoms with E-state index >= 15 is 0 Å². The molecule has 0 aromatic heterocycles. The highest BCUT2D eigenvalue weighted by molar-refractivity contribution is 6.01. The maximum atomic E-state index is 12.9. The molecular formula is C20H19FN2O. The van der Waals surface area contributed by atoms with Gasteiger partial charge in [0.2, 0.25) is 0 Å². The van der Waals surface area contributed by atoms with Crippen molar-refractivity contribution in [2.45, 2.75) is 19.3 Å². The monoisotopic (exact) mass is 322 g/mol. The number of hydrogen-bond acceptors (Lipinski definition) is 2. The number of hydrogen-bond donors (Lipinski definition) is 1. The number of benzene rings is 2. The summed E-state index contributed by atoms with van der Waals surface area (Å²) in [6, 6.07) is 17.7. The molecule has 0 saturated carbocycles.